The van der Waals surface area contributed by atoms with E-state index in [1.165, 1.54) is 10.9 Å². The molecule has 0 aliphatic carbocycles. The third kappa shape index (κ3) is 2.78. The zero-order valence-electron chi connectivity index (χ0n) is 14.6. The average molecular weight is 334 g/mol. The van der Waals surface area contributed by atoms with Crippen molar-refractivity contribution in [3.63, 3.8) is 0 Å². The molecule has 0 radical (unpaired) electrons. The molecule has 3 aromatic rings. The Hall–Kier alpha value is -2.75. The predicted octanol–water partition coefficient (Wildman–Crippen LogP) is 4.28. The summed E-state index contributed by atoms with van der Waals surface area (Å²) in [4.78, 5) is 14.5. The van der Waals surface area contributed by atoms with Gasteiger partial charge in [-0.15, -0.1) is 0 Å². The molecule has 1 aliphatic heterocycles. The van der Waals surface area contributed by atoms with Crippen molar-refractivity contribution in [1.29, 1.82) is 0 Å². The van der Waals surface area contributed by atoms with Crippen LogP contribution in [0.3, 0.4) is 0 Å². The number of hydrogen-bond donors (Lipinski definition) is 0. The number of carbonyl (C=O) groups excluding carboxylic acids is 1. The van der Waals surface area contributed by atoms with E-state index in [0.29, 0.717) is 13.0 Å². The highest BCUT2D eigenvalue weighted by molar-refractivity contribution is 5.86. The molecule has 4 heteroatoms. The normalized spacial score (nSPS) is 17.4. The van der Waals surface area contributed by atoms with E-state index in [2.05, 4.69) is 42.0 Å². The lowest BCUT2D eigenvalue weighted by Gasteiger charge is -2.27. The Bertz CT molecular complexity index is 914. The summed E-state index contributed by atoms with van der Waals surface area (Å²) in [5.41, 5.74) is 3.50. The molecule has 1 amide bonds. The number of hydrogen-bond acceptors (Lipinski definition) is 2. The van der Waals surface area contributed by atoms with E-state index in [-0.39, 0.29) is 12.1 Å². The summed E-state index contributed by atoms with van der Waals surface area (Å²) in [5.74, 6) is 1.06. The summed E-state index contributed by atoms with van der Waals surface area (Å²) >= 11 is 0. The van der Waals surface area contributed by atoms with Crippen LogP contribution in [0.25, 0.3) is 10.9 Å². The zero-order valence-corrected chi connectivity index (χ0v) is 14.6. The van der Waals surface area contributed by atoms with Crippen LogP contribution in [0.4, 0.5) is 0 Å². The molecule has 1 aliphatic rings. The highest BCUT2D eigenvalue weighted by atomic mass is 16.5. The van der Waals surface area contributed by atoms with E-state index >= 15 is 0 Å². The van der Waals surface area contributed by atoms with Crippen LogP contribution in [0.5, 0.6) is 5.75 Å². The van der Waals surface area contributed by atoms with Crippen LogP contribution in [-0.2, 0) is 11.3 Å². The standard InChI is InChI=1S/C21H22N2O2/c1-15-13-22(19-12-17(25-2)8-9-18(15)19)20-10-11-21(24)23(20)14-16-6-4-3-5-7-16/h3-9,12-13,20H,10-11,14H2,1-2H3/t20-/m0/s1. The SMILES string of the molecule is COc1ccc2c(C)cn([C@@H]3CCC(=O)N3Cc3ccccc3)c2c1. The molecule has 0 unspecified atom stereocenters. The van der Waals surface area contributed by atoms with Gasteiger partial charge in [-0.25, -0.2) is 0 Å². The fourth-order valence-electron chi connectivity index (χ4n) is 3.76. The maximum absolute atomic E-state index is 12.5. The fourth-order valence-corrected chi connectivity index (χ4v) is 3.76. The van der Waals surface area contributed by atoms with Gasteiger partial charge in [0, 0.05) is 30.6 Å². The van der Waals surface area contributed by atoms with Crippen molar-refractivity contribution >= 4 is 16.8 Å². The van der Waals surface area contributed by atoms with E-state index in [0.717, 1.165) is 23.3 Å². The van der Waals surface area contributed by atoms with Gasteiger partial charge in [-0.3, -0.25) is 4.79 Å². The summed E-state index contributed by atoms with van der Waals surface area (Å²) in [6.45, 7) is 2.76. The fraction of sp³-hybridized carbons (Fsp3) is 0.286. The molecule has 0 bridgehead atoms. The Kier molecular flexibility index (Phi) is 3.96. The minimum absolute atomic E-state index is 0.0519. The number of rotatable bonds is 4. The Morgan fingerprint density at radius 2 is 1.96 bits per heavy atom. The smallest absolute Gasteiger partial charge is 0.224 e. The van der Waals surface area contributed by atoms with Crippen LogP contribution < -0.4 is 4.74 Å². The van der Waals surface area contributed by atoms with Crippen LogP contribution in [-0.4, -0.2) is 22.5 Å². The van der Waals surface area contributed by atoms with E-state index in [4.69, 9.17) is 4.74 Å². The summed E-state index contributed by atoms with van der Waals surface area (Å²) in [6, 6.07) is 16.3. The summed E-state index contributed by atoms with van der Waals surface area (Å²) in [5, 5.41) is 1.21. The van der Waals surface area contributed by atoms with Crippen molar-refractivity contribution in [3.05, 3.63) is 65.9 Å². The first-order valence-electron chi connectivity index (χ1n) is 8.66. The van der Waals surface area contributed by atoms with Gasteiger partial charge >= 0.3 is 0 Å². The Labute approximate surface area is 147 Å². The summed E-state index contributed by atoms with van der Waals surface area (Å²) in [6.07, 6.45) is 3.65. The van der Waals surface area contributed by atoms with E-state index < -0.39 is 0 Å². The molecular formula is C21H22N2O2. The molecular weight excluding hydrogens is 312 g/mol. The van der Waals surface area contributed by atoms with Crippen molar-refractivity contribution < 1.29 is 9.53 Å². The minimum Gasteiger partial charge on any atom is -0.497 e. The first-order chi connectivity index (χ1) is 12.2. The third-order valence-electron chi connectivity index (χ3n) is 5.05. The number of aromatic nitrogens is 1. The van der Waals surface area contributed by atoms with Crippen molar-refractivity contribution in [2.75, 3.05) is 7.11 Å². The second-order valence-electron chi connectivity index (χ2n) is 6.63. The lowest BCUT2D eigenvalue weighted by molar-refractivity contribution is -0.130. The highest BCUT2D eigenvalue weighted by Gasteiger charge is 2.33. The highest BCUT2D eigenvalue weighted by Crippen LogP contribution is 2.35. The van der Waals surface area contributed by atoms with Crippen LogP contribution >= 0.6 is 0 Å². The Morgan fingerprint density at radius 3 is 2.72 bits per heavy atom. The maximum atomic E-state index is 12.5. The predicted molar refractivity (Wildman–Crippen MR) is 98.5 cm³/mol. The van der Waals surface area contributed by atoms with Gasteiger partial charge in [0.05, 0.1) is 12.6 Å². The van der Waals surface area contributed by atoms with Crippen LogP contribution in [0.2, 0.25) is 0 Å². The average Bonchev–Trinajstić information content (AvgIpc) is 3.16. The van der Waals surface area contributed by atoms with E-state index in [1.807, 2.05) is 29.2 Å². The maximum Gasteiger partial charge on any atom is 0.224 e. The minimum atomic E-state index is 0.0519. The van der Waals surface area contributed by atoms with Gasteiger partial charge < -0.3 is 14.2 Å². The van der Waals surface area contributed by atoms with Crippen molar-refractivity contribution in [1.82, 2.24) is 9.47 Å². The quantitative estimate of drug-likeness (QED) is 0.714. The topological polar surface area (TPSA) is 34.5 Å². The third-order valence-corrected chi connectivity index (χ3v) is 5.05. The molecule has 2 heterocycles. The van der Waals surface area contributed by atoms with Crippen LogP contribution in [0.1, 0.15) is 30.1 Å². The molecule has 1 atom stereocenters. The van der Waals surface area contributed by atoms with E-state index in [9.17, 15) is 4.79 Å². The lowest BCUT2D eigenvalue weighted by atomic mass is 10.2. The van der Waals surface area contributed by atoms with Gasteiger partial charge in [-0.1, -0.05) is 30.3 Å². The van der Waals surface area contributed by atoms with Gasteiger partial charge in [0.2, 0.25) is 5.91 Å². The Balaban J connectivity index is 1.74. The zero-order chi connectivity index (χ0) is 17.4. The first-order valence-corrected chi connectivity index (χ1v) is 8.66. The molecule has 0 N–H and O–H groups in total. The number of carbonyl (C=O) groups is 1. The monoisotopic (exact) mass is 334 g/mol. The molecule has 2 aromatic carbocycles. The molecule has 25 heavy (non-hydrogen) atoms. The molecule has 1 fully saturated rings. The van der Waals surface area contributed by atoms with Gasteiger partial charge in [0.15, 0.2) is 0 Å². The number of aryl methyl sites for hydroxylation is 1. The second-order valence-corrected chi connectivity index (χ2v) is 6.63. The molecule has 0 spiro atoms. The molecule has 0 saturated carbocycles. The summed E-state index contributed by atoms with van der Waals surface area (Å²) in [7, 11) is 1.68. The van der Waals surface area contributed by atoms with Gasteiger partial charge in [-0.2, -0.15) is 0 Å². The van der Waals surface area contributed by atoms with Crippen LogP contribution in [0, 0.1) is 6.92 Å². The van der Waals surface area contributed by atoms with Crippen molar-refractivity contribution in [2.45, 2.75) is 32.5 Å². The number of methoxy groups -OCH3 is 1. The van der Waals surface area contributed by atoms with Crippen molar-refractivity contribution in [3.8, 4) is 5.75 Å². The largest absolute Gasteiger partial charge is 0.497 e. The summed E-state index contributed by atoms with van der Waals surface area (Å²) < 4.78 is 7.64. The number of benzene rings is 2. The first kappa shape index (κ1) is 15.8. The number of fused-ring (bicyclic) bond motifs is 1. The number of amides is 1. The molecule has 1 saturated heterocycles. The molecule has 128 valence electrons. The van der Waals surface area contributed by atoms with E-state index in [1.54, 1.807) is 7.11 Å². The number of likely N-dealkylation sites (tertiary alicyclic amines) is 1. The molecule has 4 rings (SSSR count). The lowest BCUT2D eigenvalue weighted by Crippen LogP contribution is -2.30. The Morgan fingerprint density at radius 1 is 1.16 bits per heavy atom. The number of nitrogens with zero attached hydrogens (tertiary/aromatic N) is 2. The van der Waals surface area contributed by atoms with Gasteiger partial charge in [-0.05, 0) is 36.6 Å². The second kappa shape index (κ2) is 6.28. The van der Waals surface area contributed by atoms with Gasteiger partial charge in [0.25, 0.3) is 0 Å². The van der Waals surface area contributed by atoms with Gasteiger partial charge in [0.1, 0.15) is 11.9 Å². The molecule has 4 nitrogen and oxygen atoms in total. The molecule has 1 aromatic heterocycles. The van der Waals surface area contributed by atoms with Crippen molar-refractivity contribution in [2.24, 2.45) is 0 Å². The van der Waals surface area contributed by atoms with Crippen LogP contribution in [0.15, 0.2) is 54.7 Å². The number of ether oxygens (including phenoxy) is 1.